The molecule has 0 spiro atoms. The van der Waals surface area contributed by atoms with Crippen LogP contribution in [0.1, 0.15) is 11.1 Å². The third-order valence-electron chi connectivity index (χ3n) is 4.16. The summed E-state index contributed by atoms with van der Waals surface area (Å²) in [6, 6.07) is 15.6. The number of anilines is 1. The predicted octanol–water partition coefficient (Wildman–Crippen LogP) is 2.61. The molecule has 1 aromatic heterocycles. The van der Waals surface area contributed by atoms with Crippen molar-refractivity contribution in [2.45, 2.75) is 13.0 Å². The zero-order valence-corrected chi connectivity index (χ0v) is 14.0. The minimum absolute atomic E-state index is 0.283. The van der Waals surface area contributed by atoms with Gasteiger partial charge < -0.3 is 14.5 Å². The Labute approximate surface area is 147 Å². The summed E-state index contributed by atoms with van der Waals surface area (Å²) in [7, 11) is 0. The van der Waals surface area contributed by atoms with E-state index in [4.69, 9.17) is 10.00 Å². The van der Waals surface area contributed by atoms with Gasteiger partial charge in [-0.05, 0) is 23.3 Å². The maximum Gasteiger partial charge on any atom is 0.410 e. The lowest BCUT2D eigenvalue weighted by Gasteiger charge is -2.34. The number of piperazine rings is 1. The third kappa shape index (κ3) is 4.48. The number of pyridine rings is 1. The predicted molar refractivity (Wildman–Crippen MR) is 94.0 cm³/mol. The van der Waals surface area contributed by atoms with Crippen molar-refractivity contribution in [1.29, 1.82) is 5.26 Å². The Balaban J connectivity index is 1.50. The number of amides is 1. The lowest BCUT2D eigenvalue weighted by Crippen LogP contribution is -2.49. The highest BCUT2D eigenvalue weighted by molar-refractivity contribution is 5.68. The fourth-order valence-corrected chi connectivity index (χ4v) is 2.76. The Kier molecular flexibility index (Phi) is 5.47. The monoisotopic (exact) mass is 336 g/mol. The molecular weight excluding hydrogens is 316 g/mol. The zero-order valence-electron chi connectivity index (χ0n) is 14.0. The molecule has 0 unspecified atom stereocenters. The van der Waals surface area contributed by atoms with Crippen molar-refractivity contribution < 1.29 is 9.53 Å². The number of ether oxygens (including phenoxy) is 1. The first kappa shape index (κ1) is 16.8. The van der Waals surface area contributed by atoms with Crippen LogP contribution in [0.3, 0.4) is 0 Å². The lowest BCUT2D eigenvalue weighted by atomic mass is 10.2. The van der Waals surface area contributed by atoms with Crippen LogP contribution in [0.5, 0.6) is 0 Å². The van der Waals surface area contributed by atoms with Crippen LogP contribution in [0.4, 0.5) is 10.6 Å². The number of nitrogens with zero attached hydrogens (tertiary/aromatic N) is 4. The van der Waals surface area contributed by atoms with E-state index in [9.17, 15) is 4.79 Å². The standard InChI is InChI=1S/C19H20N4O2/c20-8-6-16-7-9-21-18(14-16)22-10-12-23(13-11-22)19(24)25-15-17-4-2-1-3-5-17/h1-5,7,9,14H,6,10-13,15H2. The van der Waals surface area contributed by atoms with Crippen LogP contribution in [0.25, 0.3) is 0 Å². The van der Waals surface area contributed by atoms with Gasteiger partial charge in [-0.15, -0.1) is 0 Å². The van der Waals surface area contributed by atoms with E-state index in [2.05, 4.69) is 16.0 Å². The van der Waals surface area contributed by atoms with Crippen LogP contribution in [-0.2, 0) is 17.8 Å². The second kappa shape index (κ2) is 8.15. The van der Waals surface area contributed by atoms with Gasteiger partial charge in [0.1, 0.15) is 12.4 Å². The first-order valence-electron chi connectivity index (χ1n) is 8.29. The number of nitriles is 1. The van der Waals surface area contributed by atoms with E-state index in [1.807, 2.05) is 42.5 Å². The maximum atomic E-state index is 12.2. The van der Waals surface area contributed by atoms with E-state index in [0.29, 0.717) is 32.6 Å². The van der Waals surface area contributed by atoms with Gasteiger partial charge in [-0.2, -0.15) is 5.26 Å². The first-order valence-corrected chi connectivity index (χ1v) is 8.29. The molecule has 1 amide bonds. The van der Waals surface area contributed by atoms with E-state index in [1.165, 1.54) is 0 Å². The molecule has 0 radical (unpaired) electrons. The summed E-state index contributed by atoms with van der Waals surface area (Å²) in [5.74, 6) is 0.852. The third-order valence-corrected chi connectivity index (χ3v) is 4.16. The van der Waals surface area contributed by atoms with Crippen LogP contribution < -0.4 is 4.90 Å². The summed E-state index contributed by atoms with van der Waals surface area (Å²) >= 11 is 0. The van der Waals surface area contributed by atoms with E-state index in [0.717, 1.165) is 16.9 Å². The van der Waals surface area contributed by atoms with Gasteiger partial charge in [-0.25, -0.2) is 9.78 Å². The summed E-state index contributed by atoms with van der Waals surface area (Å²) < 4.78 is 5.38. The van der Waals surface area contributed by atoms with Gasteiger partial charge in [0.05, 0.1) is 12.5 Å². The molecule has 1 aliphatic rings. The summed E-state index contributed by atoms with van der Waals surface area (Å²) in [5, 5.41) is 8.81. The molecule has 0 atom stereocenters. The van der Waals surface area contributed by atoms with Crippen LogP contribution in [0.15, 0.2) is 48.7 Å². The largest absolute Gasteiger partial charge is 0.445 e. The topological polar surface area (TPSA) is 69.5 Å². The molecular formula is C19H20N4O2. The van der Waals surface area contributed by atoms with Crippen molar-refractivity contribution in [3.8, 4) is 6.07 Å². The van der Waals surface area contributed by atoms with Crippen molar-refractivity contribution in [1.82, 2.24) is 9.88 Å². The quantitative estimate of drug-likeness (QED) is 0.858. The SMILES string of the molecule is N#CCc1ccnc(N2CCN(C(=O)OCc3ccccc3)CC2)c1. The highest BCUT2D eigenvalue weighted by atomic mass is 16.6. The molecule has 1 saturated heterocycles. The number of rotatable bonds is 4. The van der Waals surface area contributed by atoms with Gasteiger partial charge in [0, 0.05) is 32.4 Å². The molecule has 0 N–H and O–H groups in total. The number of aromatic nitrogens is 1. The van der Waals surface area contributed by atoms with Crippen LogP contribution in [-0.4, -0.2) is 42.2 Å². The van der Waals surface area contributed by atoms with Crippen molar-refractivity contribution in [2.24, 2.45) is 0 Å². The average molecular weight is 336 g/mol. The Hall–Kier alpha value is -3.07. The second-order valence-corrected chi connectivity index (χ2v) is 5.87. The van der Waals surface area contributed by atoms with E-state index >= 15 is 0 Å². The van der Waals surface area contributed by atoms with Crippen molar-refractivity contribution >= 4 is 11.9 Å². The minimum atomic E-state index is -0.283. The number of hydrogen-bond acceptors (Lipinski definition) is 5. The molecule has 2 aromatic rings. The summed E-state index contributed by atoms with van der Waals surface area (Å²) in [4.78, 5) is 20.4. The Bertz CT molecular complexity index is 750. The van der Waals surface area contributed by atoms with Crippen LogP contribution in [0.2, 0.25) is 0 Å². The number of benzene rings is 1. The molecule has 128 valence electrons. The smallest absolute Gasteiger partial charge is 0.410 e. The van der Waals surface area contributed by atoms with E-state index in [1.54, 1.807) is 11.1 Å². The summed E-state index contributed by atoms with van der Waals surface area (Å²) in [6.07, 6.45) is 1.82. The van der Waals surface area contributed by atoms with Gasteiger partial charge in [0.15, 0.2) is 0 Å². The first-order chi connectivity index (χ1) is 12.3. The molecule has 3 rings (SSSR count). The van der Waals surface area contributed by atoms with Crippen molar-refractivity contribution in [2.75, 3.05) is 31.1 Å². The van der Waals surface area contributed by atoms with Crippen LogP contribution >= 0.6 is 0 Å². The summed E-state index contributed by atoms with van der Waals surface area (Å²) in [5.41, 5.74) is 1.94. The molecule has 2 heterocycles. The fourth-order valence-electron chi connectivity index (χ4n) is 2.76. The molecule has 6 heteroatoms. The van der Waals surface area contributed by atoms with Gasteiger partial charge >= 0.3 is 6.09 Å². The van der Waals surface area contributed by atoms with Crippen molar-refractivity contribution in [3.63, 3.8) is 0 Å². The molecule has 6 nitrogen and oxygen atoms in total. The second-order valence-electron chi connectivity index (χ2n) is 5.87. The normalized spacial score (nSPS) is 14.0. The van der Waals surface area contributed by atoms with Gasteiger partial charge in [-0.1, -0.05) is 30.3 Å². The molecule has 1 aromatic carbocycles. The number of carbonyl (C=O) groups excluding carboxylic acids is 1. The Morgan fingerprint density at radius 2 is 1.88 bits per heavy atom. The number of carbonyl (C=O) groups is 1. The zero-order chi connectivity index (χ0) is 17.5. The van der Waals surface area contributed by atoms with E-state index in [-0.39, 0.29) is 12.7 Å². The lowest BCUT2D eigenvalue weighted by molar-refractivity contribution is 0.0941. The Morgan fingerprint density at radius 1 is 1.12 bits per heavy atom. The average Bonchev–Trinajstić information content (AvgIpc) is 2.67. The maximum absolute atomic E-state index is 12.2. The fraction of sp³-hybridized carbons (Fsp3) is 0.316. The van der Waals surface area contributed by atoms with E-state index < -0.39 is 0 Å². The molecule has 0 bridgehead atoms. The molecule has 0 aliphatic carbocycles. The Morgan fingerprint density at radius 3 is 2.60 bits per heavy atom. The van der Waals surface area contributed by atoms with Crippen molar-refractivity contribution in [3.05, 3.63) is 59.8 Å². The minimum Gasteiger partial charge on any atom is -0.445 e. The van der Waals surface area contributed by atoms with Crippen LogP contribution in [0, 0.1) is 11.3 Å². The molecule has 25 heavy (non-hydrogen) atoms. The highest BCUT2D eigenvalue weighted by Gasteiger charge is 2.23. The number of hydrogen-bond donors (Lipinski definition) is 0. The van der Waals surface area contributed by atoms with Gasteiger partial charge in [0.2, 0.25) is 0 Å². The molecule has 1 fully saturated rings. The summed E-state index contributed by atoms with van der Waals surface area (Å²) in [6.45, 7) is 2.88. The highest BCUT2D eigenvalue weighted by Crippen LogP contribution is 2.16. The molecule has 1 aliphatic heterocycles. The van der Waals surface area contributed by atoms with Gasteiger partial charge in [-0.3, -0.25) is 0 Å². The molecule has 0 saturated carbocycles. The van der Waals surface area contributed by atoms with Gasteiger partial charge in [0.25, 0.3) is 0 Å².